The van der Waals surface area contributed by atoms with Crippen molar-refractivity contribution in [1.29, 1.82) is 0 Å². The van der Waals surface area contributed by atoms with Crippen LogP contribution in [0.25, 0.3) is 0 Å². The molecule has 6 nitrogen and oxygen atoms in total. The zero-order valence-electron chi connectivity index (χ0n) is 11.1. The van der Waals surface area contributed by atoms with E-state index in [1.165, 1.54) is 11.4 Å². The molecule has 0 spiro atoms. The first-order valence-electron chi connectivity index (χ1n) is 5.96. The van der Waals surface area contributed by atoms with Crippen LogP contribution >= 0.6 is 0 Å². The summed E-state index contributed by atoms with van der Waals surface area (Å²) >= 11 is 0. The average molecular weight is 298 g/mol. The van der Waals surface area contributed by atoms with E-state index < -0.39 is 24.9 Å². The molecule has 0 saturated heterocycles. The second-order valence-electron chi connectivity index (χ2n) is 4.97. The molecular weight excluding hydrogens is 276 g/mol. The summed E-state index contributed by atoms with van der Waals surface area (Å²) in [6, 6.07) is 0.355. The molecule has 1 fully saturated rings. The summed E-state index contributed by atoms with van der Waals surface area (Å²) in [7, 11) is -3.86. The van der Waals surface area contributed by atoms with Crippen LogP contribution < -0.4 is 5.32 Å². The van der Waals surface area contributed by atoms with E-state index in [1.807, 2.05) is 7.05 Å². The second kappa shape index (κ2) is 5.85. The molecule has 0 aliphatic heterocycles. The van der Waals surface area contributed by atoms with Gasteiger partial charge in [-0.3, -0.25) is 0 Å². The summed E-state index contributed by atoms with van der Waals surface area (Å²) in [5, 5.41) is 2.37. The molecule has 1 aliphatic carbocycles. The first-order valence-corrected chi connectivity index (χ1v) is 9.63. The Balaban J connectivity index is 2.68. The Morgan fingerprint density at radius 1 is 1.11 bits per heavy atom. The zero-order valence-corrected chi connectivity index (χ0v) is 12.7. The maximum atomic E-state index is 11.9. The van der Waals surface area contributed by atoms with Gasteiger partial charge < -0.3 is 5.32 Å². The van der Waals surface area contributed by atoms with E-state index in [2.05, 4.69) is 5.32 Å². The Hall–Kier alpha value is -0.180. The molecule has 0 aromatic carbocycles. The van der Waals surface area contributed by atoms with Gasteiger partial charge in [0.2, 0.25) is 10.0 Å². The molecule has 0 aromatic rings. The zero-order chi connectivity index (χ0) is 14.0. The smallest absolute Gasteiger partial charge is 0.228 e. The van der Waals surface area contributed by atoms with Crippen LogP contribution in [0.5, 0.6) is 0 Å². The molecule has 8 heteroatoms. The Kier molecular flexibility index (Phi) is 5.16. The van der Waals surface area contributed by atoms with Crippen LogP contribution in [0, 0.1) is 0 Å². The normalized spacial score (nSPS) is 26.4. The van der Waals surface area contributed by atoms with Gasteiger partial charge in [-0.2, -0.15) is 0 Å². The molecule has 0 amide bonds. The molecule has 18 heavy (non-hydrogen) atoms. The number of rotatable bonds is 5. The molecule has 1 aliphatic rings. The number of nitrogens with one attached hydrogen (secondary N) is 1. The van der Waals surface area contributed by atoms with Gasteiger partial charge in [0.1, 0.15) is 0 Å². The number of sulfone groups is 1. The summed E-state index contributed by atoms with van der Waals surface area (Å²) < 4.78 is 47.3. The van der Waals surface area contributed by atoms with E-state index in [-0.39, 0.29) is 6.04 Å². The fraction of sp³-hybridized carbons (Fsp3) is 1.00. The minimum atomic E-state index is -3.72. The van der Waals surface area contributed by atoms with Crippen LogP contribution in [-0.2, 0) is 19.9 Å². The summed E-state index contributed by atoms with van der Waals surface area (Å²) in [5.41, 5.74) is 0. The number of hydrogen-bond donors (Lipinski definition) is 1. The van der Waals surface area contributed by atoms with Crippen LogP contribution in [0.3, 0.4) is 0 Å². The number of sulfonamides is 1. The van der Waals surface area contributed by atoms with Gasteiger partial charge in [0.25, 0.3) is 0 Å². The van der Waals surface area contributed by atoms with Crippen molar-refractivity contribution in [2.45, 2.75) is 37.8 Å². The monoisotopic (exact) mass is 298 g/mol. The highest BCUT2D eigenvalue weighted by Crippen LogP contribution is 2.24. The molecule has 1 saturated carbocycles. The summed E-state index contributed by atoms with van der Waals surface area (Å²) in [5.74, 6) is 0. The van der Waals surface area contributed by atoms with Crippen LogP contribution in [0.1, 0.15) is 25.7 Å². The van der Waals surface area contributed by atoms with Gasteiger partial charge in [0.05, 0.1) is 0 Å². The third-order valence-electron chi connectivity index (χ3n) is 3.42. The van der Waals surface area contributed by atoms with E-state index in [1.54, 1.807) is 0 Å². The number of nitrogens with zero attached hydrogens (tertiary/aromatic N) is 1. The standard InChI is InChI=1S/C10H22N2O4S2/c1-11-9-4-6-10(7-5-9)12(2)18(15,16)8-17(3,13)14/h9-11H,4-8H2,1-3H3. The molecule has 1 N–H and O–H groups in total. The predicted octanol–water partition coefficient (Wildman–Crippen LogP) is -0.219. The van der Waals surface area contributed by atoms with E-state index in [0.717, 1.165) is 31.9 Å². The van der Waals surface area contributed by atoms with E-state index in [9.17, 15) is 16.8 Å². The highest BCUT2D eigenvalue weighted by molar-refractivity contribution is 8.06. The van der Waals surface area contributed by atoms with Gasteiger partial charge in [-0.05, 0) is 32.7 Å². The topological polar surface area (TPSA) is 83.6 Å². The minimum Gasteiger partial charge on any atom is -0.317 e. The second-order valence-corrected chi connectivity index (χ2v) is 9.50. The first kappa shape index (κ1) is 15.9. The Morgan fingerprint density at radius 2 is 1.61 bits per heavy atom. The van der Waals surface area contributed by atoms with Crippen LogP contribution in [0.2, 0.25) is 0 Å². The van der Waals surface area contributed by atoms with Gasteiger partial charge in [-0.1, -0.05) is 0 Å². The van der Waals surface area contributed by atoms with Gasteiger partial charge >= 0.3 is 0 Å². The van der Waals surface area contributed by atoms with Crippen molar-refractivity contribution in [1.82, 2.24) is 9.62 Å². The van der Waals surface area contributed by atoms with Crippen molar-refractivity contribution in [3.8, 4) is 0 Å². The maximum Gasteiger partial charge on any atom is 0.228 e. The highest BCUT2D eigenvalue weighted by atomic mass is 32.3. The van der Waals surface area contributed by atoms with Gasteiger partial charge in [0.15, 0.2) is 14.9 Å². The Labute approximate surface area is 110 Å². The lowest BCUT2D eigenvalue weighted by atomic mass is 9.91. The maximum absolute atomic E-state index is 11.9. The molecule has 1 rings (SSSR count). The van der Waals surface area contributed by atoms with Crippen LogP contribution in [-0.4, -0.2) is 58.7 Å². The first-order chi connectivity index (χ1) is 8.15. The fourth-order valence-corrected chi connectivity index (χ4v) is 5.80. The summed E-state index contributed by atoms with van der Waals surface area (Å²) in [6.45, 7) is 0. The molecule has 0 heterocycles. The van der Waals surface area contributed by atoms with E-state index in [0.29, 0.717) is 6.04 Å². The lowest BCUT2D eigenvalue weighted by Gasteiger charge is -2.33. The average Bonchev–Trinajstić information content (AvgIpc) is 2.25. The largest absolute Gasteiger partial charge is 0.317 e. The molecule has 0 aromatic heterocycles. The lowest BCUT2D eigenvalue weighted by Crippen LogP contribution is -2.44. The lowest BCUT2D eigenvalue weighted by molar-refractivity contribution is 0.255. The summed E-state index contributed by atoms with van der Waals surface area (Å²) in [4.78, 5) is 0. The third kappa shape index (κ3) is 4.49. The van der Waals surface area contributed by atoms with E-state index in [4.69, 9.17) is 0 Å². The quantitative estimate of drug-likeness (QED) is 0.759. The van der Waals surface area contributed by atoms with Gasteiger partial charge in [-0.25, -0.2) is 21.1 Å². The van der Waals surface area contributed by atoms with Crippen molar-refractivity contribution in [2.75, 3.05) is 25.4 Å². The van der Waals surface area contributed by atoms with Crippen molar-refractivity contribution in [2.24, 2.45) is 0 Å². The molecule has 0 atom stereocenters. The minimum absolute atomic E-state index is 0.0821. The van der Waals surface area contributed by atoms with Crippen LogP contribution in [0.4, 0.5) is 0 Å². The highest BCUT2D eigenvalue weighted by Gasteiger charge is 2.31. The van der Waals surface area contributed by atoms with Gasteiger partial charge in [-0.15, -0.1) is 0 Å². The molecule has 0 unspecified atom stereocenters. The van der Waals surface area contributed by atoms with E-state index >= 15 is 0 Å². The molecule has 0 bridgehead atoms. The van der Waals surface area contributed by atoms with Crippen molar-refractivity contribution in [3.05, 3.63) is 0 Å². The van der Waals surface area contributed by atoms with Crippen molar-refractivity contribution in [3.63, 3.8) is 0 Å². The van der Waals surface area contributed by atoms with Crippen molar-refractivity contribution >= 4 is 19.9 Å². The number of hydrogen-bond acceptors (Lipinski definition) is 5. The fourth-order valence-electron chi connectivity index (χ4n) is 2.31. The Morgan fingerprint density at radius 3 is 2.00 bits per heavy atom. The molecule has 0 radical (unpaired) electrons. The Bertz CT molecular complexity index is 464. The molecule has 108 valence electrons. The van der Waals surface area contributed by atoms with Gasteiger partial charge in [0, 0.05) is 25.4 Å². The van der Waals surface area contributed by atoms with Crippen molar-refractivity contribution < 1.29 is 16.8 Å². The SMILES string of the molecule is CNC1CCC(N(C)S(=O)(=O)CS(C)(=O)=O)CC1. The summed E-state index contributed by atoms with van der Waals surface area (Å²) in [6.07, 6.45) is 4.31. The third-order valence-corrected chi connectivity index (χ3v) is 7.50. The van der Waals surface area contributed by atoms with Crippen LogP contribution in [0.15, 0.2) is 0 Å². The molecular formula is C10H22N2O4S2. The predicted molar refractivity (Wildman–Crippen MR) is 71.5 cm³/mol.